The molecule has 4 nitrogen and oxygen atoms in total. The maximum atomic E-state index is 13.3. The van der Waals surface area contributed by atoms with Crippen molar-refractivity contribution in [3.8, 4) is 0 Å². The second-order valence-corrected chi connectivity index (χ2v) is 6.38. The molecule has 1 saturated heterocycles. The molecular weight excluding hydrogens is 343 g/mol. The van der Waals surface area contributed by atoms with Gasteiger partial charge in [0, 0.05) is 18.3 Å². The molecule has 2 heterocycles. The minimum atomic E-state index is -4.63. The van der Waals surface area contributed by atoms with Gasteiger partial charge in [0.2, 0.25) is 0 Å². The third-order valence-electron chi connectivity index (χ3n) is 4.41. The fourth-order valence-electron chi connectivity index (χ4n) is 3.05. The zero-order valence-corrected chi connectivity index (χ0v) is 14.2. The molecule has 1 fully saturated rings. The summed E-state index contributed by atoms with van der Waals surface area (Å²) in [6.07, 6.45) is -0.979. The molecule has 2 aromatic rings. The van der Waals surface area contributed by atoms with Crippen molar-refractivity contribution in [2.75, 3.05) is 13.1 Å². The highest BCUT2D eigenvalue weighted by atomic mass is 19.4. The van der Waals surface area contributed by atoms with E-state index in [0.717, 1.165) is 25.2 Å². The van der Waals surface area contributed by atoms with Crippen LogP contribution in [0.25, 0.3) is 0 Å². The summed E-state index contributed by atoms with van der Waals surface area (Å²) in [5, 5.41) is 2.05. The first-order valence-electron chi connectivity index (χ1n) is 8.53. The van der Waals surface area contributed by atoms with Crippen LogP contribution in [0.1, 0.15) is 40.5 Å². The molecule has 1 atom stereocenters. The molecule has 3 rings (SSSR count). The number of alkyl halides is 3. The van der Waals surface area contributed by atoms with Gasteiger partial charge in [-0.15, -0.1) is 0 Å². The summed E-state index contributed by atoms with van der Waals surface area (Å²) in [6.45, 7) is 2.90. The largest absolute Gasteiger partial charge is 0.414 e. The molecule has 0 unspecified atom stereocenters. The number of amides is 1. The second-order valence-electron chi connectivity index (χ2n) is 6.38. The van der Waals surface area contributed by atoms with Crippen molar-refractivity contribution in [3.05, 3.63) is 65.5 Å². The number of pyridine rings is 1. The standard InChI is InChI=1S/C19H20F3N3O/c20-19(21,22)17(16-5-1-2-10-23-16)24-18(26)15-8-6-14(7-9-15)13-25-11-3-4-12-25/h1-2,5-10,17H,3-4,11-13H2,(H,24,26)/t17-/m0/s1. The highest BCUT2D eigenvalue weighted by molar-refractivity contribution is 5.94. The summed E-state index contributed by atoms with van der Waals surface area (Å²) < 4.78 is 39.9. The van der Waals surface area contributed by atoms with Crippen LogP contribution in [0.5, 0.6) is 0 Å². The smallest absolute Gasteiger partial charge is 0.335 e. The zero-order valence-electron chi connectivity index (χ0n) is 14.2. The maximum absolute atomic E-state index is 13.3. The Morgan fingerprint density at radius 2 is 1.81 bits per heavy atom. The van der Waals surface area contributed by atoms with Gasteiger partial charge in [-0.1, -0.05) is 18.2 Å². The molecule has 26 heavy (non-hydrogen) atoms. The SMILES string of the molecule is O=C(N[C@@H](c1ccccn1)C(F)(F)F)c1ccc(CN2CCCC2)cc1. The number of carbonyl (C=O) groups is 1. The summed E-state index contributed by atoms with van der Waals surface area (Å²) in [5.74, 6) is -0.772. The van der Waals surface area contributed by atoms with E-state index in [2.05, 4.69) is 9.88 Å². The number of likely N-dealkylation sites (tertiary alicyclic amines) is 1. The molecule has 1 amide bonds. The van der Waals surface area contributed by atoms with Gasteiger partial charge in [-0.05, 0) is 55.8 Å². The van der Waals surface area contributed by atoms with Gasteiger partial charge in [0.05, 0.1) is 5.69 Å². The quantitative estimate of drug-likeness (QED) is 0.881. The normalized spacial score (nSPS) is 16.4. The summed E-state index contributed by atoms with van der Waals surface area (Å²) in [5.41, 5.74) is 1.000. The van der Waals surface area contributed by atoms with E-state index in [0.29, 0.717) is 0 Å². The predicted molar refractivity (Wildman–Crippen MR) is 91.5 cm³/mol. The van der Waals surface area contributed by atoms with Gasteiger partial charge < -0.3 is 5.32 Å². The minimum Gasteiger partial charge on any atom is -0.335 e. The highest BCUT2D eigenvalue weighted by Gasteiger charge is 2.42. The summed E-state index contributed by atoms with van der Waals surface area (Å²) in [6, 6.07) is 8.79. The third kappa shape index (κ3) is 4.60. The lowest BCUT2D eigenvalue weighted by molar-refractivity contribution is -0.156. The van der Waals surface area contributed by atoms with Crippen LogP contribution >= 0.6 is 0 Å². The van der Waals surface area contributed by atoms with Gasteiger partial charge in [-0.3, -0.25) is 14.7 Å². The Bertz CT molecular complexity index is 726. The molecule has 0 bridgehead atoms. The number of carbonyl (C=O) groups excluding carboxylic acids is 1. The lowest BCUT2D eigenvalue weighted by Gasteiger charge is -2.21. The Morgan fingerprint density at radius 3 is 2.38 bits per heavy atom. The number of hydrogen-bond donors (Lipinski definition) is 1. The Morgan fingerprint density at radius 1 is 1.12 bits per heavy atom. The van der Waals surface area contributed by atoms with Crippen LogP contribution in [0.3, 0.4) is 0 Å². The molecule has 7 heteroatoms. The van der Waals surface area contributed by atoms with Crippen LogP contribution in [0.15, 0.2) is 48.7 Å². The number of benzene rings is 1. The van der Waals surface area contributed by atoms with Gasteiger partial charge in [0.25, 0.3) is 5.91 Å². The first-order valence-corrected chi connectivity index (χ1v) is 8.53. The molecule has 1 aliphatic heterocycles. The topological polar surface area (TPSA) is 45.2 Å². The van der Waals surface area contributed by atoms with E-state index >= 15 is 0 Å². The molecule has 138 valence electrons. The zero-order chi connectivity index (χ0) is 18.6. The summed E-state index contributed by atoms with van der Waals surface area (Å²) >= 11 is 0. The Balaban J connectivity index is 1.69. The second kappa shape index (κ2) is 7.86. The third-order valence-corrected chi connectivity index (χ3v) is 4.41. The fraction of sp³-hybridized carbons (Fsp3) is 0.368. The van der Waals surface area contributed by atoms with Crippen molar-refractivity contribution in [3.63, 3.8) is 0 Å². The molecule has 1 aromatic carbocycles. The molecular formula is C19H20F3N3O. The maximum Gasteiger partial charge on any atom is 0.414 e. The minimum absolute atomic E-state index is 0.195. The average Bonchev–Trinajstić information content (AvgIpc) is 3.13. The Labute approximate surface area is 150 Å². The number of nitrogens with one attached hydrogen (secondary N) is 1. The van der Waals surface area contributed by atoms with Crippen LogP contribution in [-0.4, -0.2) is 35.1 Å². The van der Waals surface area contributed by atoms with E-state index in [1.54, 1.807) is 24.3 Å². The van der Waals surface area contributed by atoms with E-state index in [1.807, 2.05) is 5.32 Å². The van der Waals surface area contributed by atoms with E-state index in [-0.39, 0.29) is 11.3 Å². The molecule has 1 aliphatic rings. The highest BCUT2D eigenvalue weighted by Crippen LogP contribution is 2.31. The van der Waals surface area contributed by atoms with Crippen molar-refractivity contribution in [2.24, 2.45) is 0 Å². The van der Waals surface area contributed by atoms with Gasteiger partial charge in [-0.25, -0.2) is 0 Å². The fourth-order valence-corrected chi connectivity index (χ4v) is 3.05. The molecule has 1 N–H and O–H groups in total. The van der Waals surface area contributed by atoms with Crippen molar-refractivity contribution in [1.82, 2.24) is 15.2 Å². The van der Waals surface area contributed by atoms with Gasteiger partial charge >= 0.3 is 6.18 Å². The van der Waals surface area contributed by atoms with E-state index in [4.69, 9.17) is 0 Å². The Hall–Kier alpha value is -2.41. The number of aromatic nitrogens is 1. The molecule has 1 aromatic heterocycles. The van der Waals surface area contributed by atoms with E-state index < -0.39 is 18.1 Å². The van der Waals surface area contributed by atoms with Crippen molar-refractivity contribution in [1.29, 1.82) is 0 Å². The molecule has 0 spiro atoms. The summed E-state index contributed by atoms with van der Waals surface area (Å²) in [4.78, 5) is 18.3. The number of rotatable bonds is 5. The molecule has 0 aliphatic carbocycles. The molecule has 0 saturated carbocycles. The van der Waals surface area contributed by atoms with Crippen molar-refractivity contribution >= 4 is 5.91 Å². The van der Waals surface area contributed by atoms with Gasteiger partial charge in [0.15, 0.2) is 6.04 Å². The number of hydrogen-bond acceptors (Lipinski definition) is 3. The van der Waals surface area contributed by atoms with E-state index in [9.17, 15) is 18.0 Å². The van der Waals surface area contributed by atoms with Crippen LogP contribution in [0.4, 0.5) is 13.2 Å². The van der Waals surface area contributed by atoms with Crippen molar-refractivity contribution in [2.45, 2.75) is 31.6 Å². The first kappa shape index (κ1) is 18.4. The lowest BCUT2D eigenvalue weighted by atomic mass is 10.1. The monoisotopic (exact) mass is 363 g/mol. The average molecular weight is 363 g/mol. The summed E-state index contributed by atoms with van der Waals surface area (Å²) in [7, 11) is 0. The predicted octanol–water partition coefficient (Wildman–Crippen LogP) is 3.71. The van der Waals surface area contributed by atoms with Crippen LogP contribution < -0.4 is 5.32 Å². The number of nitrogens with zero attached hydrogens (tertiary/aromatic N) is 2. The van der Waals surface area contributed by atoms with Gasteiger partial charge in [-0.2, -0.15) is 13.2 Å². The van der Waals surface area contributed by atoms with Crippen LogP contribution in [-0.2, 0) is 6.54 Å². The van der Waals surface area contributed by atoms with Crippen LogP contribution in [0, 0.1) is 0 Å². The molecule has 0 radical (unpaired) electrons. The van der Waals surface area contributed by atoms with Crippen molar-refractivity contribution < 1.29 is 18.0 Å². The van der Waals surface area contributed by atoms with Gasteiger partial charge in [0.1, 0.15) is 0 Å². The Kier molecular flexibility index (Phi) is 5.56. The lowest BCUT2D eigenvalue weighted by Crippen LogP contribution is -2.38. The number of halogens is 3. The van der Waals surface area contributed by atoms with Crippen LogP contribution in [0.2, 0.25) is 0 Å². The first-order chi connectivity index (χ1) is 12.4. The van der Waals surface area contributed by atoms with E-state index in [1.165, 1.54) is 37.2 Å².